The van der Waals surface area contributed by atoms with E-state index in [2.05, 4.69) is 18.3 Å². The molecule has 3 nitrogen and oxygen atoms in total. The molecule has 0 spiro atoms. The summed E-state index contributed by atoms with van der Waals surface area (Å²) in [5.41, 5.74) is 1.20. The van der Waals surface area contributed by atoms with Crippen LogP contribution >= 0.6 is 0 Å². The highest BCUT2D eigenvalue weighted by atomic mass is 16.5. The molecule has 1 rings (SSSR count). The van der Waals surface area contributed by atoms with Crippen molar-refractivity contribution < 1.29 is 9.84 Å². The minimum atomic E-state index is 0.229. The van der Waals surface area contributed by atoms with Gasteiger partial charge in [0.25, 0.3) is 0 Å². The first-order valence-electron chi connectivity index (χ1n) is 5.82. The summed E-state index contributed by atoms with van der Waals surface area (Å²) in [5, 5.41) is 12.1. The Hall–Kier alpha value is -1.06. The normalized spacial score (nSPS) is 12.4. The van der Waals surface area contributed by atoms with Crippen LogP contribution in [0, 0.1) is 0 Å². The summed E-state index contributed by atoms with van der Waals surface area (Å²) < 4.78 is 5.43. The van der Waals surface area contributed by atoms with Gasteiger partial charge < -0.3 is 15.2 Å². The fraction of sp³-hybridized carbons (Fsp3) is 0.538. The van der Waals surface area contributed by atoms with Crippen molar-refractivity contribution in [2.75, 3.05) is 13.2 Å². The molecular formula is C13H21NO2. The van der Waals surface area contributed by atoms with Crippen LogP contribution in [0.25, 0.3) is 0 Å². The van der Waals surface area contributed by atoms with E-state index in [-0.39, 0.29) is 6.61 Å². The van der Waals surface area contributed by atoms with Gasteiger partial charge in [-0.25, -0.2) is 0 Å². The van der Waals surface area contributed by atoms with Crippen LogP contribution in [0.2, 0.25) is 0 Å². The van der Waals surface area contributed by atoms with Crippen molar-refractivity contribution in [1.29, 1.82) is 0 Å². The average Bonchev–Trinajstić information content (AvgIpc) is 2.28. The summed E-state index contributed by atoms with van der Waals surface area (Å²) in [6, 6.07) is 8.41. The summed E-state index contributed by atoms with van der Waals surface area (Å²) >= 11 is 0. The van der Waals surface area contributed by atoms with Gasteiger partial charge in [-0.05, 0) is 38.0 Å². The van der Waals surface area contributed by atoms with Crippen molar-refractivity contribution in [3.63, 3.8) is 0 Å². The van der Waals surface area contributed by atoms with Gasteiger partial charge in [0.05, 0.1) is 6.61 Å². The molecule has 3 heteroatoms. The number of benzene rings is 1. The van der Waals surface area contributed by atoms with Gasteiger partial charge in [0, 0.05) is 19.2 Å². The molecule has 0 saturated heterocycles. The molecule has 16 heavy (non-hydrogen) atoms. The van der Waals surface area contributed by atoms with Gasteiger partial charge in [-0.15, -0.1) is 0 Å². The largest absolute Gasteiger partial charge is 0.494 e. The van der Waals surface area contributed by atoms with Gasteiger partial charge in [0.15, 0.2) is 0 Å². The highest BCUT2D eigenvalue weighted by molar-refractivity contribution is 5.28. The van der Waals surface area contributed by atoms with Crippen LogP contribution in [0.1, 0.15) is 25.8 Å². The third kappa shape index (κ3) is 4.64. The monoisotopic (exact) mass is 223 g/mol. The molecule has 0 amide bonds. The molecule has 0 unspecified atom stereocenters. The number of rotatable bonds is 7. The molecule has 0 aliphatic carbocycles. The Balaban J connectivity index is 2.44. The summed E-state index contributed by atoms with van der Waals surface area (Å²) in [7, 11) is 0. The highest BCUT2D eigenvalue weighted by Gasteiger charge is 2.01. The Bertz CT molecular complexity index is 302. The zero-order chi connectivity index (χ0) is 11.8. The van der Waals surface area contributed by atoms with Crippen molar-refractivity contribution in [3.8, 4) is 5.75 Å². The van der Waals surface area contributed by atoms with E-state index >= 15 is 0 Å². The maximum atomic E-state index is 8.79. The van der Waals surface area contributed by atoms with Crippen molar-refractivity contribution >= 4 is 0 Å². The van der Waals surface area contributed by atoms with Gasteiger partial charge in [-0.1, -0.05) is 12.1 Å². The molecule has 2 N–H and O–H groups in total. The summed E-state index contributed by atoms with van der Waals surface area (Å²) in [4.78, 5) is 0. The summed E-state index contributed by atoms with van der Waals surface area (Å²) in [6.45, 7) is 5.78. The van der Waals surface area contributed by atoms with Crippen molar-refractivity contribution in [2.24, 2.45) is 0 Å². The first kappa shape index (κ1) is 13.0. The maximum absolute atomic E-state index is 8.79. The Morgan fingerprint density at radius 3 is 2.94 bits per heavy atom. The predicted octanol–water partition coefficient (Wildman–Crippen LogP) is 1.95. The number of ether oxygens (including phenoxy) is 1. The van der Waals surface area contributed by atoms with E-state index in [1.165, 1.54) is 5.56 Å². The van der Waals surface area contributed by atoms with Crippen LogP contribution < -0.4 is 10.1 Å². The molecule has 1 aromatic carbocycles. The summed E-state index contributed by atoms with van der Waals surface area (Å²) in [5.74, 6) is 0.914. The van der Waals surface area contributed by atoms with Gasteiger partial charge in [0.1, 0.15) is 5.75 Å². The average molecular weight is 223 g/mol. The Labute approximate surface area is 97.4 Å². The quantitative estimate of drug-likeness (QED) is 0.742. The molecule has 1 aromatic rings. The number of hydrogen-bond donors (Lipinski definition) is 2. The molecule has 1 atom stereocenters. The van der Waals surface area contributed by atoms with Crippen molar-refractivity contribution in [3.05, 3.63) is 29.8 Å². The fourth-order valence-corrected chi connectivity index (χ4v) is 1.50. The highest BCUT2D eigenvalue weighted by Crippen LogP contribution is 2.13. The van der Waals surface area contributed by atoms with E-state index in [0.29, 0.717) is 12.6 Å². The fourth-order valence-electron chi connectivity index (χ4n) is 1.50. The van der Waals surface area contributed by atoms with Gasteiger partial charge in [-0.3, -0.25) is 0 Å². The van der Waals surface area contributed by atoms with Crippen LogP contribution in [-0.4, -0.2) is 24.4 Å². The maximum Gasteiger partial charge on any atom is 0.119 e. The Kier molecular flexibility index (Phi) is 5.90. The van der Waals surface area contributed by atoms with E-state index < -0.39 is 0 Å². The molecule has 0 aromatic heterocycles. The van der Waals surface area contributed by atoms with Crippen molar-refractivity contribution in [1.82, 2.24) is 5.32 Å². The third-order valence-electron chi connectivity index (χ3n) is 2.43. The second kappa shape index (κ2) is 7.25. The van der Waals surface area contributed by atoms with Crippen LogP contribution in [0.5, 0.6) is 5.75 Å². The van der Waals surface area contributed by atoms with Crippen molar-refractivity contribution in [2.45, 2.75) is 32.9 Å². The lowest BCUT2D eigenvalue weighted by Gasteiger charge is -2.12. The lowest BCUT2D eigenvalue weighted by Crippen LogP contribution is -2.26. The first-order chi connectivity index (χ1) is 7.76. The number of aliphatic hydroxyl groups is 1. The van der Waals surface area contributed by atoms with Gasteiger partial charge in [0.2, 0.25) is 0 Å². The smallest absolute Gasteiger partial charge is 0.119 e. The predicted molar refractivity (Wildman–Crippen MR) is 65.6 cm³/mol. The topological polar surface area (TPSA) is 41.5 Å². The van der Waals surface area contributed by atoms with E-state index in [4.69, 9.17) is 9.84 Å². The minimum absolute atomic E-state index is 0.229. The van der Waals surface area contributed by atoms with E-state index in [9.17, 15) is 0 Å². The number of aliphatic hydroxyl groups excluding tert-OH is 1. The number of hydrogen-bond acceptors (Lipinski definition) is 3. The molecule has 0 aliphatic heterocycles. The minimum Gasteiger partial charge on any atom is -0.494 e. The molecule has 0 fully saturated rings. The second-order valence-electron chi connectivity index (χ2n) is 3.87. The van der Waals surface area contributed by atoms with E-state index in [0.717, 1.165) is 18.7 Å². The lowest BCUT2D eigenvalue weighted by atomic mass is 10.2. The van der Waals surface area contributed by atoms with Crippen LogP contribution in [0.4, 0.5) is 0 Å². The van der Waals surface area contributed by atoms with E-state index in [1.807, 2.05) is 25.1 Å². The molecule has 0 bridgehead atoms. The van der Waals surface area contributed by atoms with Crippen LogP contribution in [0.15, 0.2) is 24.3 Å². The zero-order valence-electron chi connectivity index (χ0n) is 10.1. The molecule has 90 valence electrons. The lowest BCUT2D eigenvalue weighted by molar-refractivity contribution is 0.268. The third-order valence-corrected chi connectivity index (χ3v) is 2.43. The zero-order valence-corrected chi connectivity index (χ0v) is 10.1. The Morgan fingerprint density at radius 1 is 1.44 bits per heavy atom. The first-order valence-corrected chi connectivity index (χ1v) is 5.82. The molecule has 0 radical (unpaired) electrons. The standard InChI is InChI=1S/C13H21NO2/c1-3-16-13-6-4-5-12(9-13)10-14-11(2)7-8-15/h4-6,9,11,14-15H,3,7-8,10H2,1-2H3/t11-/m1/s1. The molecule has 0 saturated carbocycles. The van der Waals surface area contributed by atoms with Crippen LogP contribution in [0.3, 0.4) is 0 Å². The SMILES string of the molecule is CCOc1cccc(CN[C@H](C)CCO)c1. The van der Waals surface area contributed by atoms with Crippen LogP contribution in [-0.2, 0) is 6.54 Å². The second-order valence-corrected chi connectivity index (χ2v) is 3.87. The Morgan fingerprint density at radius 2 is 2.25 bits per heavy atom. The molecule has 0 aliphatic rings. The van der Waals surface area contributed by atoms with Gasteiger partial charge >= 0.3 is 0 Å². The molecular weight excluding hydrogens is 202 g/mol. The summed E-state index contributed by atoms with van der Waals surface area (Å²) in [6.07, 6.45) is 0.783. The van der Waals surface area contributed by atoms with E-state index in [1.54, 1.807) is 0 Å². The van der Waals surface area contributed by atoms with Gasteiger partial charge in [-0.2, -0.15) is 0 Å². The number of nitrogens with one attached hydrogen (secondary N) is 1. The molecule has 0 heterocycles.